The number of hydrogen-bond acceptors (Lipinski definition) is 3. The van der Waals surface area contributed by atoms with Gasteiger partial charge in [-0.2, -0.15) is 0 Å². The molecule has 0 spiro atoms. The van der Waals surface area contributed by atoms with Crippen LogP contribution in [0, 0.1) is 12.7 Å². The van der Waals surface area contributed by atoms with Crippen molar-refractivity contribution in [2.75, 3.05) is 11.9 Å². The number of carbonyl (C=O) groups is 1. The Kier molecular flexibility index (Phi) is 6.15. The van der Waals surface area contributed by atoms with E-state index in [1.54, 1.807) is 30.5 Å². The maximum Gasteiger partial charge on any atom is 0.251 e. The molecule has 2 N–H and O–H groups in total. The molecule has 0 saturated heterocycles. The van der Waals surface area contributed by atoms with Crippen molar-refractivity contribution in [3.8, 4) is 0 Å². The van der Waals surface area contributed by atoms with E-state index in [0.29, 0.717) is 24.5 Å². The normalized spacial score (nSPS) is 10.4. The van der Waals surface area contributed by atoms with Crippen LogP contribution >= 0.6 is 0 Å². The van der Waals surface area contributed by atoms with Gasteiger partial charge >= 0.3 is 0 Å². The smallest absolute Gasteiger partial charge is 0.251 e. The van der Waals surface area contributed by atoms with Gasteiger partial charge in [0, 0.05) is 24.8 Å². The van der Waals surface area contributed by atoms with E-state index in [-0.39, 0.29) is 11.7 Å². The summed E-state index contributed by atoms with van der Waals surface area (Å²) in [7, 11) is 0. The van der Waals surface area contributed by atoms with Crippen LogP contribution in [-0.4, -0.2) is 17.4 Å². The molecule has 0 aliphatic heterocycles. The quantitative estimate of drug-likeness (QED) is 0.664. The minimum absolute atomic E-state index is 0.138. The lowest BCUT2D eigenvalue weighted by Gasteiger charge is -2.09. The van der Waals surface area contributed by atoms with Crippen molar-refractivity contribution in [3.63, 3.8) is 0 Å². The van der Waals surface area contributed by atoms with Crippen LogP contribution in [0.3, 0.4) is 0 Å². The third-order valence-corrected chi connectivity index (χ3v) is 4.19. The van der Waals surface area contributed by atoms with Crippen LogP contribution < -0.4 is 10.6 Å². The van der Waals surface area contributed by atoms with Gasteiger partial charge in [0.1, 0.15) is 11.6 Å². The van der Waals surface area contributed by atoms with E-state index in [0.717, 1.165) is 17.5 Å². The number of anilines is 1. The number of benzene rings is 2. The van der Waals surface area contributed by atoms with Crippen molar-refractivity contribution < 1.29 is 9.18 Å². The fourth-order valence-corrected chi connectivity index (χ4v) is 2.76. The number of rotatable bonds is 7. The zero-order valence-electron chi connectivity index (χ0n) is 15.2. The summed E-state index contributed by atoms with van der Waals surface area (Å²) >= 11 is 0. The molecule has 0 aliphatic rings. The van der Waals surface area contributed by atoms with Crippen LogP contribution in [0.25, 0.3) is 0 Å². The van der Waals surface area contributed by atoms with E-state index in [1.807, 2.05) is 25.1 Å². The minimum Gasteiger partial charge on any atom is -0.370 e. The van der Waals surface area contributed by atoms with Gasteiger partial charge in [0.15, 0.2) is 0 Å². The van der Waals surface area contributed by atoms with Crippen molar-refractivity contribution >= 4 is 11.7 Å². The number of pyridine rings is 1. The molecule has 0 atom stereocenters. The Balaban J connectivity index is 1.53. The number of nitrogens with zero attached hydrogens (tertiary/aromatic N) is 1. The standard InChI is InChI=1S/C22H22FN3O/c1-16-3-2-4-18(13-16)15-26-22(27)19-10-12-25-21(14-19)24-11-9-17-5-7-20(23)8-6-17/h2-8,10,12-14H,9,11,15H2,1H3,(H,24,25)(H,26,27). The van der Waals surface area contributed by atoms with Crippen LogP contribution in [0.15, 0.2) is 66.9 Å². The summed E-state index contributed by atoms with van der Waals surface area (Å²) in [5.74, 6) is 0.263. The molecule has 4 nitrogen and oxygen atoms in total. The highest BCUT2D eigenvalue weighted by atomic mass is 19.1. The van der Waals surface area contributed by atoms with Gasteiger partial charge in [0.2, 0.25) is 0 Å². The number of nitrogens with one attached hydrogen (secondary N) is 2. The zero-order chi connectivity index (χ0) is 19.1. The lowest BCUT2D eigenvalue weighted by atomic mass is 10.1. The molecule has 0 aliphatic carbocycles. The van der Waals surface area contributed by atoms with Gasteiger partial charge in [-0.15, -0.1) is 0 Å². The molecule has 3 rings (SSSR count). The SMILES string of the molecule is Cc1cccc(CNC(=O)c2ccnc(NCCc3ccc(F)cc3)c2)c1. The van der Waals surface area contributed by atoms with E-state index in [2.05, 4.69) is 21.7 Å². The maximum atomic E-state index is 12.9. The van der Waals surface area contributed by atoms with Crippen molar-refractivity contribution in [2.45, 2.75) is 19.9 Å². The average molecular weight is 363 g/mol. The van der Waals surface area contributed by atoms with E-state index >= 15 is 0 Å². The Bertz CT molecular complexity index is 909. The van der Waals surface area contributed by atoms with Crippen molar-refractivity contribution in [2.24, 2.45) is 0 Å². The fourth-order valence-electron chi connectivity index (χ4n) is 2.76. The molecule has 2 aromatic carbocycles. The molecule has 27 heavy (non-hydrogen) atoms. The summed E-state index contributed by atoms with van der Waals surface area (Å²) in [5.41, 5.74) is 3.83. The highest BCUT2D eigenvalue weighted by Gasteiger charge is 2.07. The predicted molar refractivity (Wildman–Crippen MR) is 105 cm³/mol. The van der Waals surface area contributed by atoms with Crippen molar-refractivity contribution in [1.82, 2.24) is 10.3 Å². The summed E-state index contributed by atoms with van der Waals surface area (Å²) in [4.78, 5) is 16.6. The summed E-state index contributed by atoms with van der Waals surface area (Å²) in [6, 6.07) is 17.9. The number of aryl methyl sites for hydroxylation is 1. The first-order valence-electron chi connectivity index (χ1n) is 8.88. The topological polar surface area (TPSA) is 54.0 Å². The highest BCUT2D eigenvalue weighted by Crippen LogP contribution is 2.09. The molecule has 0 radical (unpaired) electrons. The Labute approximate surface area is 158 Å². The Morgan fingerprint density at radius 3 is 2.63 bits per heavy atom. The van der Waals surface area contributed by atoms with Crippen LogP contribution in [0.2, 0.25) is 0 Å². The van der Waals surface area contributed by atoms with E-state index in [9.17, 15) is 9.18 Å². The molecule has 1 aromatic heterocycles. The van der Waals surface area contributed by atoms with Crippen molar-refractivity contribution in [1.29, 1.82) is 0 Å². The van der Waals surface area contributed by atoms with Gasteiger partial charge in [0.25, 0.3) is 5.91 Å². The molecule has 0 saturated carbocycles. The summed E-state index contributed by atoms with van der Waals surface area (Å²) in [6.07, 6.45) is 2.35. The first-order chi connectivity index (χ1) is 13.1. The number of hydrogen-bond donors (Lipinski definition) is 2. The van der Waals surface area contributed by atoms with Crippen molar-refractivity contribution in [3.05, 3.63) is 94.9 Å². The van der Waals surface area contributed by atoms with Gasteiger partial charge in [-0.3, -0.25) is 4.79 Å². The summed E-state index contributed by atoms with van der Waals surface area (Å²) in [5, 5.41) is 6.13. The van der Waals surface area contributed by atoms with Gasteiger partial charge in [-0.25, -0.2) is 9.37 Å². The molecule has 0 fully saturated rings. The first-order valence-corrected chi connectivity index (χ1v) is 8.88. The second kappa shape index (κ2) is 8.94. The number of carbonyl (C=O) groups excluding carboxylic acids is 1. The number of halogens is 1. The molecule has 1 amide bonds. The predicted octanol–water partition coefficient (Wildman–Crippen LogP) is 4.11. The molecular formula is C22H22FN3O. The van der Waals surface area contributed by atoms with E-state index in [4.69, 9.17) is 0 Å². The zero-order valence-corrected chi connectivity index (χ0v) is 15.2. The highest BCUT2D eigenvalue weighted by molar-refractivity contribution is 5.94. The average Bonchev–Trinajstić information content (AvgIpc) is 2.68. The molecule has 3 aromatic rings. The largest absolute Gasteiger partial charge is 0.370 e. The van der Waals surface area contributed by atoms with Gasteiger partial charge in [-0.1, -0.05) is 42.0 Å². The fraction of sp³-hybridized carbons (Fsp3) is 0.182. The molecule has 5 heteroatoms. The molecule has 138 valence electrons. The first kappa shape index (κ1) is 18.6. The van der Waals surface area contributed by atoms with Gasteiger partial charge in [0.05, 0.1) is 0 Å². The van der Waals surface area contributed by atoms with Crippen LogP contribution in [0.1, 0.15) is 27.0 Å². The molecule has 0 unspecified atom stereocenters. The van der Waals surface area contributed by atoms with Crippen LogP contribution in [-0.2, 0) is 13.0 Å². The Hall–Kier alpha value is -3.21. The van der Waals surface area contributed by atoms with Crippen LogP contribution in [0.5, 0.6) is 0 Å². The second-order valence-corrected chi connectivity index (χ2v) is 6.40. The number of aromatic nitrogens is 1. The number of amides is 1. The Morgan fingerprint density at radius 2 is 1.85 bits per heavy atom. The molecule has 1 heterocycles. The minimum atomic E-state index is -0.238. The third kappa shape index (κ3) is 5.64. The van der Waals surface area contributed by atoms with Gasteiger partial charge in [-0.05, 0) is 48.7 Å². The summed E-state index contributed by atoms with van der Waals surface area (Å²) in [6.45, 7) is 3.15. The second-order valence-electron chi connectivity index (χ2n) is 6.40. The lowest BCUT2D eigenvalue weighted by molar-refractivity contribution is 0.0951. The van der Waals surface area contributed by atoms with E-state index in [1.165, 1.54) is 17.7 Å². The third-order valence-electron chi connectivity index (χ3n) is 4.19. The molecule has 0 bridgehead atoms. The maximum absolute atomic E-state index is 12.9. The lowest BCUT2D eigenvalue weighted by Crippen LogP contribution is -2.23. The molecular weight excluding hydrogens is 341 g/mol. The van der Waals surface area contributed by atoms with Gasteiger partial charge < -0.3 is 10.6 Å². The van der Waals surface area contributed by atoms with E-state index < -0.39 is 0 Å². The summed E-state index contributed by atoms with van der Waals surface area (Å²) < 4.78 is 12.9. The Morgan fingerprint density at radius 1 is 1.04 bits per heavy atom. The van der Waals surface area contributed by atoms with Crippen LogP contribution in [0.4, 0.5) is 10.2 Å². The monoisotopic (exact) mass is 363 g/mol.